The molecule has 0 aliphatic rings. The Kier molecular flexibility index (Phi) is 7.05. The Balaban J connectivity index is 2.44. The first kappa shape index (κ1) is 14.7. The molecule has 0 amide bonds. The van der Waals surface area contributed by atoms with E-state index in [2.05, 4.69) is 27.5 Å². The van der Waals surface area contributed by atoms with Crippen molar-refractivity contribution in [1.29, 1.82) is 0 Å². The van der Waals surface area contributed by atoms with Gasteiger partial charge in [-0.05, 0) is 13.3 Å². The largest absolute Gasteiger partial charge is 0.394 e. The van der Waals surface area contributed by atoms with Gasteiger partial charge in [-0.3, -0.25) is 0 Å². The van der Waals surface area contributed by atoms with E-state index in [9.17, 15) is 0 Å². The first-order chi connectivity index (χ1) is 8.79. The van der Waals surface area contributed by atoms with Crippen LogP contribution in [0, 0.1) is 6.92 Å². The zero-order chi connectivity index (χ0) is 13.2. The van der Waals surface area contributed by atoms with Gasteiger partial charge in [0.1, 0.15) is 18.0 Å². The SMILES string of the molecule is CCCNc1ncnc(NCCOCCO)c1C. The molecular weight excluding hydrogens is 232 g/mol. The van der Waals surface area contributed by atoms with Crippen LogP contribution >= 0.6 is 0 Å². The summed E-state index contributed by atoms with van der Waals surface area (Å²) in [6, 6.07) is 0. The van der Waals surface area contributed by atoms with Crippen LogP contribution in [0.3, 0.4) is 0 Å². The molecule has 0 radical (unpaired) electrons. The molecule has 0 bridgehead atoms. The van der Waals surface area contributed by atoms with Crippen LogP contribution in [0.2, 0.25) is 0 Å². The summed E-state index contributed by atoms with van der Waals surface area (Å²) in [5.74, 6) is 1.68. The highest BCUT2D eigenvalue weighted by Crippen LogP contribution is 2.17. The summed E-state index contributed by atoms with van der Waals surface area (Å²) in [6.07, 6.45) is 2.60. The lowest BCUT2D eigenvalue weighted by atomic mass is 10.3. The number of aromatic nitrogens is 2. The van der Waals surface area contributed by atoms with Gasteiger partial charge in [-0.2, -0.15) is 0 Å². The molecule has 0 aliphatic carbocycles. The molecule has 1 aromatic heterocycles. The highest BCUT2D eigenvalue weighted by atomic mass is 16.5. The van der Waals surface area contributed by atoms with Gasteiger partial charge < -0.3 is 20.5 Å². The lowest BCUT2D eigenvalue weighted by Crippen LogP contribution is -2.14. The molecule has 6 heteroatoms. The Morgan fingerprint density at radius 3 is 2.44 bits per heavy atom. The molecule has 1 aromatic rings. The zero-order valence-corrected chi connectivity index (χ0v) is 11.1. The van der Waals surface area contributed by atoms with Crippen molar-refractivity contribution in [3.8, 4) is 0 Å². The second kappa shape index (κ2) is 8.66. The minimum Gasteiger partial charge on any atom is -0.394 e. The average molecular weight is 254 g/mol. The van der Waals surface area contributed by atoms with E-state index in [1.807, 2.05) is 6.92 Å². The molecule has 0 spiro atoms. The Morgan fingerprint density at radius 1 is 1.17 bits per heavy atom. The van der Waals surface area contributed by atoms with Crippen molar-refractivity contribution in [2.45, 2.75) is 20.3 Å². The standard InChI is InChI=1S/C12H22N4O2/c1-3-4-13-11-10(2)12(16-9-15-11)14-5-7-18-8-6-17/h9,17H,3-8H2,1-2H3,(H2,13,14,15,16). The highest BCUT2D eigenvalue weighted by molar-refractivity contribution is 5.56. The van der Waals surface area contributed by atoms with Crippen molar-refractivity contribution in [3.63, 3.8) is 0 Å². The predicted molar refractivity (Wildman–Crippen MR) is 71.9 cm³/mol. The van der Waals surface area contributed by atoms with Gasteiger partial charge >= 0.3 is 0 Å². The third-order valence-corrected chi connectivity index (χ3v) is 2.40. The van der Waals surface area contributed by atoms with Crippen LogP contribution in [0.25, 0.3) is 0 Å². The summed E-state index contributed by atoms with van der Waals surface area (Å²) < 4.78 is 5.17. The van der Waals surface area contributed by atoms with E-state index in [0.29, 0.717) is 19.8 Å². The van der Waals surface area contributed by atoms with E-state index in [-0.39, 0.29) is 6.61 Å². The van der Waals surface area contributed by atoms with Crippen LogP contribution in [-0.2, 0) is 4.74 Å². The van der Waals surface area contributed by atoms with Crippen molar-refractivity contribution in [2.24, 2.45) is 0 Å². The molecule has 3 N–H and O–H groups in total. The number of aliphatic hydroxyl groups is 1. The van der Waals surface area contributed by atoms with E-state index in [0.717, 1.165) is 30.2 Å². The summed E-state index contributed by atoms with van der Waals surface area (Å²) in [5, 5.41) is 15.0. The van der Waals surface area contributed by atoms with Crippen molar-refractivity contribution >= 4 is 11.6 Å². The van der Waals surface area contributed by atoms with E-state index >= 15 is 0 Å². The fourth-order valence-electron chi connectivity index (χ4n) is 1.46. The number of anilines is 2. The van der Waals surface area contributed by atoms with Crippen molar-refractivity contribution in [2.75, 3.05) is 43.5 Å². The topological polar surface area (TPSA) is 79.3 Å². The summed E-state index contributed by atoms with van der Waals surface area (Å²) in [5.41, 5.74) is 1.01. The minimum atomic E-state index is 0.0532. The normalized spacial score (nSPS) is 10.4. The maximum absolute atomic E-state index is 8.57. The monoisotopic (exact) mass is 254 g/mol. The molecule has 102 valence electrons. The summed E-state index contributed by atoms with van der Waals surface area (Å²) >= 11 is 0. The van der Waals surface area contributed by atoms with Gasteiger partial charge in [0.25, 0.3) is 0 Å². The summed E-state index contributed by atoms with van der Waals surface area (Å²) in [7, 11) is 0. The Hall–Kier alpha value is -1.40. The molecule has 0 saturated carbocycles. The first-order valence-electron chi connectivity index (χ1n) is 6.27. The van der Waals surface area contributed by atoms with E-state index in [1.165, 1.54) is 0 Å². The van der Waals surface area contributed by atoms with Crippen LogP contribution in [0.1, 0.15) is 18.9 Å². The number of nitrogens with zero attached hydrogens (tertiary/aromatic N) is 2. The van der Waals surface area contributed by atoms with E-state index < -0.39 is 0 Å². The minimum absolute atomic E-state index is 0.0532. The summed E-state index contributed by atoms with van der Waals surface area (Å²) in [4.78, 5) is 8.41. The van der Waals surface area contributed by atoms with Crippen molar-refractivity contribution in [3.05, 3.63) is 11.9 Å². The molecule has 6 nitrogen and oxygen atoms in total. The zero-order valence-electron chi connectivity index (χ0n) is 11.1. The lowest BCUT2D eigenvalue weighted by Gasteiger charge is -2.12. The van der Waals surface area contributed by atoms with Gasteiger partial charge in [0.2, 0.25) is 0 Å². The molecule has 1 rings (SSSR count). The molecule has 0 saturated heterocycles. The third-order valence-electron chi connectivity index (χ3n) is 2.40. The number of ether oxygens (including phenoxy) is 1. The first-order valence-corrected chi connectivity index (χ1v) is 6.27. The highest BCUT2D eigenvalue weighted by Gasteiger charge is 2.05. The third kappa shape index (κ3) is 4.85. The van der Waals surface area contributed by atoms with Crippen LogP contribution in [0.15, 0.2) is 6.33 Å². The number of hydrogen-bond acceptors (Lipinski definition) is 6. The van der Waals surface area contributed by atoms with Crippen LogP contribution < -0.4 is 10.6 Å². The second-order valence-corrected chi connectivity index (χ2v) is 3.89. The van der Waals surface area contributed by atoms with Crippen LogP contribution in [0.4, 0.5) is 11.6 Å². The number of aliphatic hydroxyl groups excluding tert-OH is 1. The van der Waals surface area contributed by atoms with Gasteiger partial charge in [-0.25, -0.2) is 9.97 Å². The molecular formula is C12H22N4O2. The molecule has 18 heavy (non-hydrogen) atoms. The van der Waals surface area contributed by atoms with Crippen LogP contribution in [-0.4, -0.2) is 48.0 Å². The fraction of sp³-hybridized carbons (Fsp3) is 0.667. The fourth-order valence-corrected chi connectivity index (χ4v) is 1.46. The number of hydrogen-bond donors (Lipinski definition) is 3. The maximum Gasteiger partial charge on any atom is 0.134 e. The lowest BCUT2D eigenvalue weighted by molar-refractivity contribution is 0.0992. The Morgan fingerprint density at radius 2 is 1.83 bits per heavy atom. The molecule has 0 atom stereocenters. The van der Waals surface area contributed by atoms with Gasteiger partial charge in [-0.1, -0.05) is 6.92 Å². The molecule has 0 aliphatic heterocycles. The van der Waals surface area contributed by atoms with Crippen molar-refractivity contribution < 1.29 is 9.84 Å². The predicted octanol–water partition coefficient (Wildman–Crippen LogP) is 1.03. The van der Waals surface area contributed by atoms with Gasteiger partial charge in [0.05, 0.1) is 19.8 Å². The average Bonchev–Trinajstić information content (AvgIpc) is 2.39. The van der Waals surface area contributed by atoms with E-state index in [1.54, 1.807) is 6.33 Å². The Labute approximate surface area is 108 Å². The van der Waals surface area contributed by atoms with Gasteiger partial charge in [0, 0.05) is 18.7 Å². The number of rotatable bonds is 9. The molecule has 0 fully saturated rings. The van der Waals surface area contributed by atoms with Crippen molar-refractivity contribution in [1.82, 2.24) is 9.97 Å². The molecule has 0 aromatic carbocycles. The van der Waals surface area contributed by atoms with Gasteiger partial charge in [0.15, 0.2) is 0 Å². The molecule has 0 unspecified atom stereocenters. The maximum atomic E-state index is 8.57. The smallest absolute Gasteiger partial charge is 0.134 e. The molecule has 1 heterocycles. The number of nitrogens with one attached hydrogen (secondary N) is 2. The Bertz CT molecular complexity index is 347. The van der Waals surface area contributed by atoms with E-state index in [4.69, 9.17) is 9.84 Å². The second-order valence-electron chi connectivity index (χ2n) is 3.89. The van der Waals surface area contributed by atoms with Crippen LogP contribution in [0.5, 0.6) is 0 Å². The van der Waals surface area contributed by atoms with Gasteiger partial charge in [-0.15, -0.1) is 0 Å². The summed E-state index contributed by atoms with van der Waals surface area (Å²) in [6.45, 7) is 6.62. The quantitative estimate of drug-likeness (QED) is 0.571.